The van der Waals surface area contributed by atoms with Gasteiger partial charge in [0.15, 0.2) is 6.29 Å². The Morgan fingerprint density at radius 2 is 1.18 bits per heavy atom. The molecule has 1 aliphatic heterocycles. The molecule has 4 aromatic carbocycles. The lowest BCUT2D eigenvalue weighted by Gasteiger charge is -2.47. The van der Waals surface area contributed by atoms with E-state index >= 15 is 0 Å². The SMILES string of the molecule is Cl.NC[C@H]1O[C@H](O[C@H]2[C@H](O)[C@@H](OCc3ccc4ccccc4c3)[C@H](N)C[C@@H]2N)[C@H](N)[C@@H](OCc2ccc3ccccc3c2)[C@@H]1O. The molecule has 1 heterocycles. The molecule has 1 saturated heterocycles. The van der Waals surface area contributed by atoms with Crippen molar-refractivity contribution in [1.82, 2.24) is 0 Å². The van der Waals surface area contributed by atoms with Crippen molar-refractivity contribution in [3.63, 3.8) is 0 Å². The average Bonchev–Trinajstić information content (AvgIpc) is 3.03. The van der Waals surface area contributed by atoms with Crippen LogP contribution in [0.4, 0.5) is 0 Å². The lowest BCUT2D eigenvalue weighted by Crippen LogP contribution is -2.68. The van der Waals surface area contributed by atoms with Crippen LogP contribution >= 0.6 is 12.4 Å². The van der Waals surface area contributed by atoms with Crippen molar-refractivity contribution in [3.05, 3.63) is 96.1 Å². The number of benzene rings is 4. The van der Waals surface area contributed by atoms with Crippen LogP contribution in [0.25, 0.3) is 21.5 Å². The summed E-state index contributed by atoms with van der Waals surface area (Å²) in [5.41, 5.74) is 27.3. The summed E-state index contributed by atoms with van der Waals surface area (Å²) in [7, 11) is 0. The number of aliphatic hydroxyl groups is 2. The second-order valence-electron chi connectivity index (χ2n) is 11.9. The third kappa shape index (κ3) is 7.32. The average molecular weight is 639 g/mol. The number of hydrogen-bond donors (Lipinski definition) is 6. The predicted octanol–water partition coefficient (Wildman–Crippen LogP) is 2.06. The molecule has 45 heavy (non-hydrogen) atoms. The van der Waals surface area contributed by atoms with Crippen molar-refractivity contribution < 1.29 is 29.2 Å². The Labute approximate surface area is 269 Å². The van der Waals surface area contributed by atoms with Gasteiger partial charge in [-0.25, -0.2) is 0 Å². The van der Waals surface area contributed by atoms with E-state index in [-0.39, 0.29) is 32.2 Å². The van der Waals surface area contributed by atoms with E-state index in [1.54, 1.807) is 0 Å². The van der Waals surface area contributed by atoms with E-state index < -0.39 is 61.0 Å². The standard InChI is InChI=1S/C34H42N4O6.ClH/c35-16-27-29(39)33(42-18-20-10-12-22-6-2-4-8-24(22)14-20)28(38)34(43-27)44-32-26(37)15-25(36)31(30(32)40)41-17-19-9-11-21-5-1-3-7-23(21)13-19;/h1-14,25-34,39-40H,15-18,35-38H2;1H/t25-,26+,27-,28-,29-,30-,31+,32-,33-,34-;/m1./s1. The molecule has 0 unspecified atom stereocenters. The monoisotopic (exact) mass is 638 g/mol. The largest absolute Gasteiger partial charge is 0.388 e. The topological polar surface area (TPSA) is 181 Å². The van der Waals surface area contributed by atoms with Gasteiger partial charge >= 0.3 is 0 Å². The zero-order chi connectivity index (χ0) is 30.8. The van der Waals surface area contributed by atoms with Gasteiger partial charge in [-0.15, -0.1) is 12.4 Å². The van der Waals surface area contributed by atoms with Crippen molar-refractivity contribution in [1.29, 1.82) is 0 Å². The Morgan fingerprint density at radius 1 is 0.667 bits per heavy atom. The van der Waals surface area contributed by atoms with Crippen molar-refractivity contribution in [3.8, 4) is 0 Å². The highest BCUT2D eigenvalue weighted by molar-refractivity contribution is 5.85. The van der Waals surface area contributed by atoms with Gasteiger partial charge in [0.25, 0.3) is 0 Å². The first-order chi connectivity index (χ1) is 21.3. The number of hydrogen-bond acceptors (Lipinski definition) is 10. The van der Waals surface area contributed by atoms with Crippen LogP contribution in [0.5, 0.6) is 0 Å². The highest BCUT2D eigenvalue weighted by Crippen LogP contribution is 2.30. The van der Waals surface area contributed by atoms with E-state index in [1.165, 1.54) is 0 Å². The summed E-state index contributed by atoms with van der Waals surface area (Å²) in [5.74, 6) is 0. The Balaban J connectivity index is 0.00000400. The first kappa shape index (κ1) is 33.6. The van der Waals surface area contributed by atoms with E-state index in [1.807, 2.05) is 72.8 Å². The molecular weight excluding hydrogens is 596 g/mol. The molecule has 10 nitrogen and oxygen atoms in total. The van der Waals surface area contributed by atoms with Crippen LogP contribution in [-0.4, -0.2) is 77.8 Å². The van der Waals surface area contributed by atoms with E-state index in [9.17, 15) is 10.2 Å². The molecule has 11 heteroatoms. The zero-order valence-electron chi connectivity index (χ0n) is 24.9. The first-order valence-electron chi connectivity index (χ1n) is 15.1. The lowest BCUT2D eigenvalue weighted by atomic mass is 9.84. The summed E-state index contributed by atoms with van der Waals surface area (Å²) in [4.78, 5) is 0. The second-order valence-corrected chi connectivity index (χ2v) is 11.9. The number of aliphatic hydroxyl groups excluding tert-OH is 2. The molecule has 0 bridgehead atoms. The first-order valence-corrected chi connectivity index (χ1v) is 15.1. The summed E-state index contributed by atoms with van der Waals surface area (Å²) in [5, 5.41) is 26.9. The summed E-state index contributed by atoms with van der Waals surface area (Å²) in [6, 6.07) is 26.3. The molecule has 2 aliphatic rings. The molecule has 4 aromatic rings. The van der Waals surface area contributed by atoms with Gasteiger partial charge in [0, 0.05) is 18.6 Å². The third-order valence-corrected chi connectivity index (χ3v) is 8.82. The molecule has 10 N–H and O–H groups in total. The minimum atomic E-state index is -1.15. The molecule has 2 fully saturated rings. The van der Waals surface area contributed by atoms with Crippen LogP contribution in [0.15, 0.2) is 84.9 Å². The zero-order valence-corrected chi connectivity index (χ0v) is 25.7. The smallest absolute Gasteiger partial charge is 0.176 e. The summed E-state index contributed by atoms with van der Waals surface area (Å²) in [6.45, 7) is 0.494. The Bertz CT molecular complexity index is 1560. The van der Waals surface area contributed by atoms with Gasteiger partial charge in [-0.1, -0.05) is 72.8 Å². The van der Waals surface area contributed by atoms with Gasteiger partial charge in [0.05, 0.1) is 19.3 Å². The van der Waals surface area contributed by atoms with Gasteiger partial charge in [-0.3, -0.25) is 0 Å². The summed E-state index contributed by atoms with van der Waals surface area (Å²) in [6.07, 6.45) is -6.17. The predicted molar refractivity (Wildman–Crippen MR) is 175 cm³/mol. The fourth-order valence-corrected chi connectivity index (χ4v) is 6.34. The van der Waals surface area contributed by atoms with Crippen molar-refractivity contribution in [2.45, 2.75) is 80.7 Å². The minimum Gasteiger partial charge on any atom is -0.388 e. The second kappa shape index (κ2) is 14.8. The van der Waals surface area contributed by atoms with Gasteiger partial charge < -0.3 is 52.1 Å². The van der Waals surface area contributed by atoms with Crippen LogP contribution in [0.3, 0.4) is 0 Å². The third-order valence-electron chi connectivity index (χ3n) is 8.82. The summed E-state index contributed by atoms with van der Waals surface area (Å²) >= 11 is 0. The molecule has 0 spiro atoms. The summed E-state index contributed by atoms with van der Waals surface area (Å²) < 4.78 is 24.6. The van der Waals surface area contributed by atoms with Crippen LogP contribution in [0, 0.1) is 0 Å². The van der Waals surface area contributed by atoms with E-state index in [0.29, 0.717) is 6.42 Å². The normalized spacial score (nSPS) is 32.0. The Morgan fingerprint density at radius 3 is 1.73 bits per heavy atom. The number of ether oxygens (including phenoxy) is 4. The lowest BCUT2D eigenvalue weighted by molar-refractivity contribution is -0.295. The number of nitrogens with two attached hydrogens (primary N) is 4. The van der Waals surface area contributed by atoms with Crippen LogP contribution in [0.1, 0.15) is 17.5 Å². The van der Waals surface area contributed by atoms with Gasteiger partial charge in [0.2, 0.25) is 0 Å². The van der Waals surface area contributed by atoms with Crippen LogP contribution in [0.2, 0.25) is 0 Å². The number of halogens is 1. The maximum Gasteiger partial charge on any atom is 0.176 e. The number of rotatable bonds is 9. The quantitative estimate of drug-likeness (QED) is 0.159. The molecule has 0 aromatic heterocycles. The molecule has 10 atom stereocenters. The van der Waals surface area contributed by atoms with Gasteiger partial charge in [-0.2, -0.15) is 0 Å². The van der Waals surface area contributed by atoms with Crippen molar-refractivity contribution in [2.24, 2.45) is 22.9 Å². The van der Waals surface area contributed by atoms with E-state index in [2.05, 4.69) is 12.1 Å². The molecule has 0 radical (unpaired) electrons. The number of fused-ring (bicyclic) bond motifs is 2. The maximum atomic E-state index is 11.4. The van der Waals surface area contributed by atoms with Gasteiger partial charge in [0.1, 0.15) is 36.6 Å². The maximum absolute atomic E-state index is 11.4. The minimum absolute atomic E-state index is 0. The molecule has 1 saturated carbocycles. The van der Waals surface area contributed by atoms with Gasteiger partial charge in [-0.05, 0) is 51.2 Å². The fraction of sp³-hybridized carbons (Fsp3) is 0.412. The highest BCUT2D eigenvalue weighted by Gasteiger charge is 2.49. The molecular formula is C34H43ClN4O6. The Kier molecular flexibility index (Phi) is 11.1. The highest BCUT2D eigenvalue weighted by atomic mass is 35.5. The van der Waals surface area contributed by atoms with E-state index in [0.717, 1.165) is 32.7 Å². The van der Waals surface area contributed by atoms with Crippen molar-refractivity contribution in [2.75, 3.05) is 6.54 Å². The van der Waals surface area contributed by atoms with Crippen LogP contribution < -0.4 is 22.9 Å². The fourth-order valence-electron chi connectivity index (χ4n) is 6.34. The Hall–Kier alpha value is -2.71. The van der Waals surface area contributed by atoms with Crippen molar-refractivity contribution >= 4 is 34.0 Å². The molecule has 1 aliphatic carbocycles. The van der Waals surface area contributed by atoms with E-state index in [4.69, 9.17) is 41.9 Å². The molecule has 242 valence electrons. The molecule has 0 amide bonds. The van der Waals surface area contributed by atoms with Crippen LogP contribution in [-0.2, 0) is 32.2 Å². The molecule has 6 rings (SSSR count).